The van der Waals surface area contributed by atoms with Crippen molar-refractivity contribution >= 4 is 28.8 Å². The van der Waals surface area contributed by atoms with E-state index in [1.807, 2.05) is 24.3 Å². The van der Waals surface area contributed by atoms with E-state index in [4.69, 9.17) is 4.74 Å². The molecule has 110 valence electrons. The Morgan fingerprint density at radius 1 is 1.18 bits per heavy atom. The maximum atomic E-state index is 11.7. The van der Waals surface area contributed by atoms with E-state index in [0.717, 1.165) is 10.9 Å². The number of H-pyrrole nitrogens is 1. The Balaban J connectivity index is 2.04. The number of hydrogen-bond acceptors (Lipinski definition) is 4. The van der Waals surface area contributed by atoms with E-state index in [2.05, 4.69) is 9.98 Å². The summed E-state index contributed by atoms with van der Waals surface area (Å²) in [6, 6.07) is 14.4. The van der Waals surface area contributed by atoms with Gasteiger partial charge in [-0.05, 0) is 18.2 Å². The van der Waals surface area contributed by atoms with E-state index in [0.29, 0.717) is 16.8 Å². The number of aromatic amines is 1. The normalized spacial score (nSPS) is 11.1. The average molecular weight is 294 g/mol. The van der Waals surface area contributed by atoms with Gasteiger partial charge in [0.25, 0.3) is 0 Å². The molecule has 2 aromatic carbocycles. The number of carbonyl (C=O) groups is 1. The highest BCUT2D eigenvalue weighted by Crippen LogP contribution is 2.26. The molecule has 0 unspecified atom stereocenters. The molecule has 5 nitrogen and oxygen atoms in total. The van der Waals surface area contributed by atoms with Crippen LogP contribution in [0, 0.1) is 0 Å². The van der Waals surface area contributed by atoms with E-state index in [9.17, 15) is 9.90 Å². The third kappa shape index (κ3) is 2.44. The Hall–Kier alpha value is -3.08. The molecular formula is C17H14N2O3. The molecule has 0 bridgehead atoms. The van der Waals surface area contributed by atoms with Gasteiger partial charge in [0.05, 0.1) is 23.9 Å². The minimum atomic E-state index is -0.448. The molecule has 0 saturated carbocycles. The lowest BCUT2D eigenvalue weighted by Crippen LogP contribution is -2.01. The van der Waals surface area contributed by atoms with Gasteiger partial charge in [-0.15, -0.1) is 0 Å². The number of aromatic hydroxyl groups is 1. The fraction of sp³-hybridized carbons (Fsp3) is 0.0588. The molecule has 1 aromatic heterocycles. The van der Waals surface area contributed by atoms with Gasteiger partial charge in [-0.1, -0.05) is 30.3 Å². The lowest BCUT2D eigenvalue weighted by Gasteiger charge is -2.02. The molecule has 3 rings (SSSR count). The zero-order valence-corrected chi connectivity index (χ0v) is 11.9. The second-order valence-corrected chi connectivity index (χ2v) is 4.70. The van der Waals surface area contributed by atoms with E-state index < -0.39 is 5.97 Å². The van der Waals surface area contributed by atoms with Crippen LogP contribution < -0.4 is 0 Å². The van der Waals surface area contributed by atoms with Crippen molar-refractivity contribution in [2.24, 2.45) is 4.99 Å². The van der Waals surface area contributed by atoms with Crippen molar-refractivity contribution in [3.63, 3.8) is 0 Å². The first kappa shape index (κ1) is 13.9. The number of carbonyl (C=O) groups excluding carboxylic acids is 1. The zero-order chi connectivity index (χ0) is 15.5. The molecule has 0 atom stereocenters. The molecule has 0 spiro atoms. The van der Waals surface area contributed by atoms with Gasteiger partial charge in [0.2, 0.25) is 0 Å². The number of nitrogens with zero attached hydrogens (tertiary/aromatic N) is 1. The number of ether oxygens (including phenoxy) is 1. The largest absolute Gasteiger partial charge is 0.494 e. The number of benzene rings is 2. The van der Waals surface area contributed by atoms with Crippen molar-refractivity contribution in [1.29, 1.82) is 0 Å². The summed E-state index contributed by atoms with van der Waals surface area (Å²) in [4.78, 5) is 18.9. The summed E-state index contributed by atoms with van der Waals surface area (Å²) >= 11 is 0. The minimum absolute atomic E-state index is 0.0421. The number of nitrogens with one attached hydrogen (secondary N) is 1. The first-order chi connectivity index (χ1) is 10.7. The van der Waals surface area contributed by atoms with Gasteiger partial charge in [-0.2, -0.15) is 0 Å². The van der Waals surface area contributed by atoms with Crippen molar-refractivity contribution < 1.29 is 14.6 Å². The Morgan fingerprint density at radius 3 is 2.73 bits per heavy atom. The van der Waals surface area contributed by atoms with Gasteiger partial charge in [-0.3, -0.25) is 4.99 Å². The predicted molar refractivity (Wildman–Crippen MR) is 85.0 cm³/mol. The number of fused-ring (bicyclic) bond motifs is 1. The molecule has 0 aliphatic heterocycles. The Bertz CT molecular complexity index is 865. The van der Waals surface area contributed by atoms with Crippen LogP contribution >= 0.6 is 0 Å². The second-order valence-electron chi connectivity index (χ2n) is 4.70. The highest BCUT2D eigenvalue weighted by atomic mass is 16.5. The smallest absolute Gasteiger partial charge is 0.340 e. The van der Waals surface area contributed by atoms with E-state index in [1.54, 1.807) is 24.3 Å². The molecular weight excluding hydrogens is 280 g/mol. The van der Waals surface area contributed by atoms with E-state index in [-0.39, 0.29) is 5.88 Å². The number of rotatable bonds is 3. The summed E-state index contributed by atoms with van der Waals surface area (Å²) in [6.07, 6.45) is 1.54. The minimum Gasteiger partial charge on any atom is -0.494 e. The number of esters is 1. The predicted octanol–water partition coefficient (Wildman–Crippen LogP) is 3.41. The summed E-state index contributed by atoms with van der Waals surface area (Å²) in [6.45, 7) is 0. The van der Waals surface area contributed by atoms with Crippen LogP contribution in [-0.2, 0) is 4.74 Å². The van der Waals surface area contributed by atoms with E-state index in [1.165, 1.54) is 13.3 Å². The third-order valence-corrected chi connectivity index (χ3v) is 3.37. The van der Waals surface area contributed by atoms with Crippen LogP contribution in [0.4, 0.5) is 5.69 Å². The van der Waals surface area contributed by atoms with Crippen molar-refractivity contribution in [3.8, 4) is 5.88 Å². The highest BCUT2D eigenvalue weighted by Gasteiger charge is 2.11. The molecule has 1 heterocycles. The lowest BCUT2D eigenvalue weighted by atomic mass is 10.1. The first-order valence-electron chi connectivity index (χ1n) is 6.72. The Morgan fingerprint density at radius 2 is 1.91 bits per heavy atom. The lowest BCUT2D eigenvalue weighted by molar-refractivity contribution is 0.0601. The number of aliphatic imine (C=N–C) groups is 1. The van der Waals surface area contributed by atoms with Crippen LogP contribution in [0.5, 0.6) is 5.88 Å². The van der Waals surface area contributed by atoms with Gasteiger partial charge in [0.1, 0.15) is 0 Å². The molecule has 0 aliphatic rings. The summed E-state index contributed by atoms with van der Waals surface area (Å²) < 4.78 is 4.74. The molecule has 0 radical (unpaired) electrons. The molecule has 0 amide bonds. The molecule has 5 heteroatoms. The van der Waals surface area contributed by atoms with Gasteiger partial charge in [-0.25, -0.2) is 4.79 Å². The highest BCUT2D eigenvalue weighted by molar-refractivity contribution is 6.03. The SMILES string of the molecule is COC(=O)c1ccccc1N=Cc1c(O)[nH]c2ccccc12. The summed E-state index contributed by atoms with van der Waals surface area (Å²) in [5.41, 5.74) is 2.26. The fourth-order valence-corrected chi connectivity index (χ4v) is 2.28. The molecule has 3 aromatic rings. The number of methoxy groups -OCH3 is 1. The van der Waals surface area contributed by atoms with Crippen molar-refractivity contribution in [2.45, 2.75) is 0 Å². The molecule has 0 saturated heterocycles. The molecule has 0 aliphatic carbocycles. The van der Waals surface area contributed by atoms with Crippen LogP contribution in [0.25, 0.3) is 10.9 Å². The maximum Gasteiger partial charge on any atom is 0.340 e. The Kier molecular flexibility index (Phi) is 3.62. The second kappa shape index (κ2) is 5.73. The van der Waals surface area contributed by atoms with Crippen molar-refractivity contribution in [1.82, 2.24) is 4.98 Å². The van der Waals surface area contributed by atoms with E-state index >= 15 is 0 Å². The average Bonchev–Trinajstić information content (AvgIpc) is 2.87. The van der Waals surface area contributed by atoms with Crippen LogP contribution in [0.15, 0.2) is 53.5 Å². The molecule has 22 heavy (non-hydrogen) atoms. The quantitative estimate of drug-likeness (QED) is 0.574. The Labute approximate surface area is 126 Å². The summed E-state index contributed by atoms with van der Waals surface area (Å²) in [5.74, 6) is -0.406. The van der Waals surface area contributed by atoms with Crippen molar-refractivity contribution in [3.05, 3.63) is 59.7 Å². The van der Waals surface area contributed by atoms with Gasteiger partial charge in [0.15, 0.2) is 5.88 Å². The van der Waals surface area contributed by atoms with Crippen LogP contribution in [0.3, 0.4) is 0 Å². The van der Waals surface area contributed by atoms with Crippen molar-refractivity contribution in [2.75, 3.05) is 7.11 Å². The van der Waals surface area contributed by atoms with Gasteiger partial charge < -0.3 is 14.8 Å². The summed E-state index contributed by atoms with van der Waals surface area (Å²) in [5, 5.41) is 10.9. The fourth-order valence-electron chi connectivity index (χ4n) is 2.28. The maximum absolute atomic E-state index is 11.7. The summed E-state index contributed by atoms with van der Waals surface area (Å²) in [7, 11) is 1.33. The number of para-hydroxylation sites is 2. The standard InChI is InChI=1S/C17H14N2O3/c1-22-17(21)12-7-3-4-8-14(12)18-10-13-11-6-2-5-9-15(11)19-16(13)20/h2-10,19-20H,1H3. The number of aromatic nitrogens is 1. The zero-order valence-electron chi connectivity index (χ0n) is 11.9. The van der Waals surface area contributed by atoms with Gasteiger partial charge in [0, 0.05) is 17.1 Å². The van der Waals surface area contributed by atoms with Crippen LogP contribution in [0.2, 0.25) is 0 Å². The van der Waals surface area contributed by atoms with Crippen LogP contribution in [0.1, 0.15) is 15.9 Å². The van der Waals surface area contributed by atoms with Crippen LogP contribution in [-0.4, -0.2) is 29.4 Å². The monoisotopic (exact) mass is 294 g/mol. The topological polar surface area (TPSA) is 74.7 Å². The molecule has 2 N–H and O–H groups in total. The molecule has 0 fully saturated rings. The number of hydrogen-bond donors (Lipinski definition) is 2. The first-order valence-corrected chi connectivity index (χ1v) is 6.72. The van der Waals surface area contributed by atoms with Gasteiger partial charge >= 0.3 is 5.97 Å². The third-order valence-electron chi connectivity index (χ3n) is 3.37.